The summed E-state index contributed by atoms with van der Waals surface area (Å²) in [5, 5.41) is 2.84. The molecule has 0 aliphatic carbocycles. The zero-order valence-electron chi connectivity index (χ0n) is 11.6. The van der Waals surface area contributed by atoms with Crippen molar-refractivity contribution in [1.29, 1.82) is 0 Å². The van der Waals surface area contributed by atoms with Crippen LogP contribution >= 0.6 is 0 Å². The van der Waals surface area contributed by atoms with Crippen LogP contribution < -0.4 is 14.8 Å². The Labute approximate surface area is 118 Å². The van der Waals surface area contributed by atoms with Gasteiger partial charge in [0.05, 0.1) is 20.6 Å². The number of ether oxygens (including phenoxy) is 2. The highest BCUT2D eigenvalue weighted by Crippen LogP contribution is 2.23. The van der Waals surface area contributed by atoms with Gasteiger partial charge in [-0.05, 0) is 29.8 Å². The summed E-state index contributed by atoms with van der Waals surface area (Å²) in [4.78, 5) is 12.0. The molecule has 2 aromatic rings. The number of hydrogen-bond donors (Lipinski definition) is 1. The summed E-state index contributed by atoms with van der Waals surface area (Å²) >= 11 is 0. The minimum absolute atomic E-state index is 0.0773. The second-order valence-electron chi connectivity index (χ2n) is 4.31. The maximum absolute atomic E-state index is 12.0. The molecule has 0 aliphatic heterocycles. The van der Waals surface area contributed by atoms with Crippen molar-refractivity contribution in [2.24, 2.45) is 0 Å². The molecule has 0 aliphatic rings. The number of anilines is 1. The van der Waals surface area contributed by atoms with E-state index in [4.69, 9.17) is 9.47 Å². The molecule has 4 heteroatoms. The van der Waals surface area contributed by atoms with Gasteiger partial charge in [-0.2, -0.15) is 0 Å². The lowest BCUT2D eigenvalue weighted by Gasteiger charge is -2.09. The molecule has 0 heterocycles. The van der Waals surface area contributed by atoms with Gasteiger partial charge in [-0.3, -0.25) is 4.79 Å². The SMILES string of the molecule is COc1cc(CC(=O)Nc2ccccc2)cc(OC)c1. The standard InChI is InChI=1S/C16H17NO3/c1-19-14-8-12(9-15(11-14)20-2)10-16(18)17-13-6-4-3-5-7-13/h3-9,11H,10H2,1-2H3,(H,17,18). The third-order valence-electron chi connectivity index (χ3n) is 2.83. The van der Waals surface area contributed by atoms with Gasteiger partial charge in [0.25, 0.3) is 0 Å². The molecule has 0 bridgehead atoms. The van der Waals surface area contributed by atoms with Crippen LogP contribution in [0.1, 0.15) is 5.56 Å². The molecular weight excluding hydrogens is 254 g/mol. The normalized spacial score (nSPS) is 9.90. The lowest BCUT2D eigenvalue weighted by molar-refractivity contribution is -0.115. The van der Waals surface area contributed by atoms with Crippen LogP contribution in [0.3, 0.4) is 0 Å². The largest absolute Gasteiger partial charge is 0.497 e. The summed E-state index contributed by atoms with van der Waals surface area (Å²) in [5.41, 5.74) is 1.63. The molecular formula is C16H17NO3. The van der Waals surface area contributed by atoms with E-state index in [9.17, 15) is 4.79 Å². The van der Waals surface area contributed by atoms with E-state index in [1.54, 1.807) is 20.3 Å². The van der Waals surface area contributed by atoms with Crippen molar-refractivity contribution >= 4 is 11.6 Å². The molecule has 0 aromatic heterocycles. The van der Waals surface area contributed by atoms with Crippen LogP contribution in [0, 0.1) is 0 Å². The Morgan fingerprint density at radius 2 is 1.60 bits per heavy atom. The molecule has 2 rings (SSSR count). The molecule has 0 fully saturated rings. The number of para-hydroxylation sites is 1. The van der Waals surface area contributed by atoms with Crippen LogP contribution in [0.2, 0.25) is 0 Å². The Balaban J connectivity index is 2.07. The van der Waals surface area contributed by atoms with E-state index in [1.165, 1.54) is 0 Å². The van der Waals surface area contributed by atoms with Crippen LogP contribution in [0.15, 0.2) is 48.5 Å². The molecule has 0 saturated carbocycles. The predicted octanol–water partition coefficient (Wildman–Crippen LogP) is 2.89. The van der Waals surface area contributed by atoms with Gasteiger partial charge in [0, 0.05) is 11.8 Å². The van der Waals surface area contributed by atoms with Gasteiger partial charge in [-0.15, -0.1) is 0 Å². The smallest absolute Gasteiger partial charge is 0.228 e. The highest BCUT2D eigenvalue weighted by Gasteiger charge is 2.07. The lowest BCUT2D eigenvalue weighted by Crippen LogP contribution is -2.14. The Kier molecular flexibility index (Phi) is 4.60. The molecule has 0 unspecified atom stereocenters. The number of carbonyl (C=O) groups excluding carboxylic acids is 1. The van der Waals surface area contributed by atoms with Crippen LogP contribution in [0.25, 0.3) is 0 Å². The van der Waals surface area contributed by atoms with E-state index >= 15 is 0 Å². The second kappa shape index (κ2) is 6.61. The summed E-state index contributed by atoms with van der Waals surface area (Å²) in [6.45, 7) is 0. The van der Waals surface area contributed by atoms with Crippen LogP contribution in [-0.4, -0.2) is 20.1 Å². The third kappa shape index (κ3) is 3.75. The first-order valence-corrected chi connectivity index (χ1v) is 6.28. The minimum atomic E-state index is -0.0773. The van der Waals surface area contributed by atoms with Crippen molar-refractivity contribution in [2.45, 2.75) is 6.42 Å². The number of benzene rings is 2. The molecule has 1 N–H and O–H groups in total. The number of carbonyl (C=O) groups is 1. The van der Waals surface area contributed by atoms with Crippen molar-refractivity contribution in [2.75, 3.05) is 19.5 Å². The Hall–Kier alpha value is -2.49. The highest BCUT2D eigenvalue weighted by atomic mass is 16.5. The molecule has 0 radical (unpaired) electrons. The molecule has 4 nitrogen and oxygen atoms in total. The topological polar surface area (TPSA) is 47.6 Å². The third-order valence-corrected chi connectivity index (χ3v) is 2.83. The van der Waals surface area contributed by atoms with E-state index in [2.05, 4.69) is 5.32 Å². The molecule has 0 spiro atoms. The molecule has 20 heavy (non-hydrogen) atoms. The number of amides is 1. The average Bonchev–Trinajstić information content (AvgIpc) is 2.47. The van der Waals surface area contributed by atoms with E-state index in [-0.39, 0.29) is 12.3 Å². The number of nitrogens with one attached hydrogen (secondary N) is 1. The fraction of sp³-hybridized carbons (Fsp3) is 0.188. The van der Waals surface area contributed by atoms with E-state index in [1.807, 2.05) is 42.5 Å². The Morgan fingerprint density at radius 1 is 1.00 bits per heavy atom. The molecule has 0 saturated heterocycles. The zero-order valence-corrected chi connectivity index (χ0v) is 11.6. The number of hydrogen-bond acceptors (Lipinski definition) is 3. The van der Waals surface area contributed by atoms with Crippen molar-refractivity contribution in [3.63, 3.8) is 0 Å². The van der Waals surface area contributed by atoms with Crippen molar-refractivity contribution in [1.82, 2.24) is 0 Å². The number of methoxy groups -OCH3 is 2. The zero-order chi connectivity index (χ0) is 14.4. The monoisotopic (exact) mass is 271 g/mol. The summed E-state index contributed by atoms with van der Waals surface area (Å²) in [6, 6.07) is 14.8. The minimum Gasteiger partial charge on any atom is -0.497 e. The summed E-state index contributed by atoms with van der Waals surface area (Å²) in [5.74, 6) is 1.27. The van der Waals surface area contributed by atoms with E-state index < -0.39 is 0 Å². The first-order valence-electron chi connectivity index (χ1n) is 6.28. The van der Waals surface area contributed by atoms with Gasteiger partial charge in [0.2, 0.25) is 5.91 Å². The summed E-state index contributed by atoms with van der Waals surface area (Å²) in [6.07, 6.45) is 0.266. The van der Waals surface area contributed by atoms with Crippen molar-refractivity contribution in [3.05, 3.63) is 54.1 Å². The first-order chi connectivity index (χ1) is 9.71. The maximum Gasteiger partial charge on any atom is 0.228 e. The fourth-order valence-corrected chi connectivity index (χ4v) is 1.88. The van der Waals surface area contributed by atoms with E-state index in [0.29, 0.717) is 11.5 Å². The highest BCUT2D eigenvalue weighted by molar-refractivity contribution is 5.92. The van der Waals surface area contributed by atoms with E-state index in [0.717, 1.165) is 11.3 Å². The van der Waals surface area contributed by atoms with Crippen molar-refractivity contribution in [3.8, 4) is 11.5 Å². The van der Waals surface area contributed by atoms with Gasteiger partial charge in [0.1, 0.15) is 11.5 Å². The Morgan fingerprint density at radius 3 is 2.15 bits per heavy atom. The summed E-state index contributed by atoms with van der Waals surface area (Å²) in [7, 11) is 3.17. The predicted molar refractivity (Wildman–Crippen MR) is 78.3 cm³/mol. The fourth-order valence-electron chi connectivity index (χ4n) is 1.88. The van der Waals surface area contributed by atoms with Crippen molar-refractivity contribution < 1.29 is 14.3 Å². The van der Waals surface area contributed by atoms with Gasteiger partial charge in [-0.1, -0.05) is 18.2 Å². The average molecular weight is 271 g/mol. The van der Waals surface area contributed by atoms with Crippen LogP contribution in [0.4, 0.5) is 5.69 Å². The van der Waals surface area contributed by atoms with Crippen LogP contribution in [0.5, 0.6) is 11.5 Å². The quantitative estimate of drug-likeness (QED) is 0.909. The number of rotatable bonds is 5. The van der Waals surface area contributed by atoms with Gasteiger partial charge >= 0.3 is 0 Å². The molecule has 104 valence electrons. The Bertz CT molecular complexity index is 559. The lowest BCUT2D eigenvalue weighted by atomic mass is 10.1. The van der Waals surface area contributed by atoms with Gasteiger partial charge in [0.15, 0.2) is 0 Å². The maximum atomic E-state index is 12.0. The summed E-state index contributed by atoms with van der Waals surface area (Å²) < 4.78 is 10.4. The van der Waals surface area contributed by atoms with Gasteiger partial charge in [-0.25, -0.2) is 0 Å². The molecule has 0 atom stereocenters. The van der Waals surface area contributed by atoms with Gasteiger partial charge < -0.3 is 14.8 Å². The molecule has 1 amide bonds. The first kappa shape index (κ1) is 13.9. The molecule has 2 aromatic carbocycles. The van der Waals surface area contributed by atoms with Crippen LogP contribution in [-0.2, 0) is 11.2 Å². The second-order valence-corrected chi connectivity index (χ2v) is 4.31.